The van der Waals surface area contributed by atoms with Crippen molar-refractivity contribution < 1.29 is 0 Å². The summed E-state index contributed by atoms with van der Waals surface area (Å²) in [5, 5.41) is 11.3. The zero-order valence-electron chi connectivity index (χ0n) is 14.7. The van der Waals surface area contributed by atoms with E-state index < -0.39 is 0 Å². The van der Waals surface area contributed by atoms with Gasteiger partial charge in [0, 0.05) is 52.4 Å². The number of rotatable bonds is 1. The summed E-state index contributed by atoms with van der Waals surface area (Å²) in [6, 6.07) is 22.0. The zero-order chi connectivity index (χ0) is 17.1. The van der Waals surface area contributed by atoms with E-state index in [-0.39, 0.29) is 0 Å². The maximum atomic E-state index is 3.45. The molecule has 0 fully saturated rings. The number of fused-ring (bicyclic) bond motifs is 5. The first-order chi connectivity index (χ1) is 12.2. The molecule has 0 atom stereocenters. The molecule has 0 aliphatic carbocycles. The van der Waals surface area contributed by atoms with Crippen LogP contribution in [-0.4, -0.2) is 11.6 Å². The molecule has 122 valence electrons. The van der Waals surface area contributed by atoms with E-state index >= 15 is 0 Å². The summed E-state index contributed by atoms with van der Waals surface area (Å²) in [4.78, 5) is 0. The second-order valence-electron chi connectivity index (χ2n) is 6.79. The molecular formula is C23H20N2. The molecule has 5 aromatic rings. The number of aryl methyl sites for hydroxylation is 2. The van der Waals surface area contributed by atoms with Crippen LogP contribution in [0.25, 0.3) is 43.4 Å². The van der Waals surface area contributed by atoms with Crippen molar-refractivity contribution in [3.05, 3.63) is 66.2 Å². The largest absolute Gasteiger partial charge is 0.387 e. The van der Waals surface area contributed by atoms with Gasteiger partial charge in [-0.3, -0.25) is 0 Å². The van der Waals surface area contributed by atoms with Crippen molar-refractivity contribution in [1.82, 2.24) is 4.57 Å². The van der Waals surface area contributed by atoms with E-state index in [2.05, 4.69) is 84.5 Å². The predicted molar refractivity (Wildman–Crippen MR) is 110 cm³/mol. The van der Waals surface area contributed by atoms with Crippen molar-refractivity contribution in [1.29, 1.82) is 0 Å². The molecule has 0 saturated heterocycles. The van der Waals surface area contributed by atoms with Crippen molar-refractivity contribution in [3.8, 4) is 0 Å². The monoisotopic (exact) mass is 324 g/mol. The molecule has 1 aromatic heterocycles. The Bertz CT molecular complexity index is 1290. The fourth-order valence-electron chi connectivity index (χ4n) is 4.31. The number of nitrogens with one attached hydrogen (secondary N) is 1. The summed E-state index contributed by atoms with van der Waals surface area (Å²) < 4.78 is 2.30. The Morgan fingerprint density at radius 3 is 2.12 bits per heavy atom. The van der Waals surface area contributed by atoms with E-state index in [4.69, 9.17) is 0 Å². The van der Waals surface area contributed by atoms with Gasteiger partial charge in [-0.25, -0.2) is 0 Å². The van der Waals surface area contributed by atoms with Crippen LogP contribution in [0.3, 0.4) is 0 Å². The number of hydrogen-bond donors (Lipinski definition) is 1. The number of aromatic nitrogens is 1. The lowest BCUT2D eigenvalue weighted by Crippen LogP contribution is -1.95. The first-order valence-corrected chi connectivity index (χ1v) is 8.70. The van der Waals surface area contributed by atoms with Crippen LogP contribution in [0.2, 0.25) is 0 Å². The Morgan fingerprint density at radius 1 is 0.680 bits per heavy atom. The lowest BCUT2D eigenvalue weighted by atomic mass is 9.94. The molecular weight excluding hydrogens is 304 g/mol. The Labute approximate surface area is 146 Å². The Kier molecular flexibility index (Phi) is 2.87. The smallest absolute Gasteiger partial charge is 0.0497 e. The highest BCUT2D eigenvalue weighted by Gasteiger charge is 2.14. The van der Waals surface area contributed by atoms with Gasteiger partial charge >= 0.3 is 0 Å². The summed E-state index contributed by atoms with van der Waals surface area (Å²) in [7, 11) is 4.18. The van der Waals surface area contributed by atoms with Gasteiger partial charge in [-0.05, 0) is 41.5 Å². The van der Waals surface area contributed by atoms with Gasteiger partial charge in [0.25, 0.3) is 0 Å². The van der Waals surface area contributed by atoms with E-state index in [9.17, 15) is 0 Å². The molecule has 1 heterocycles. The maximum Gasteiger partial charge on any atom is 0.0497 e. The van der Waals surface area contributed by atoms with Gasteiger partial charge in [0.15, 0.2) is 0 Å². The van der Waals surface area contributed by atoms with Crippen LogP contribution >= 0.6 is 0 Å². The quantitative estimate of drug-likeness (QED) is 0.375. The van der Waals surface area contributed by atoms with E-state index in [0.717, 1.165) is 0 Å². The van der Waals surface area contributed by atoms with Gasteiger partial charge in [0.05, 0.1) is 0 Å². The zero-order valence-corrected chi connectivity index (χ0v) is 14.7. The van der Waals surface area contributed by atoms with Crippen molar-refractivity contribution in [3.63, 3.8) is 0 Å². The first-order valence-electron chi connectivity index (χ1n) is 8.70. The molecule has 2 heteroatoms. The van der Waals surface area contributed by atoms with E-state index in [1.54, 1.807) is 0 Å². The third-order valence-corrected chi connectivity index (χ3v) is 5.58. The molecule has 1 N–H and O–H groups in total. The van der Waals surface area contributed by atoms with Crippen LogP contribution in [0.4, 0.5) is 5.69 Å². The van der Waals surface area contributed by atoms with Crippen molar-refractivity contribution in [2.24, 2.45) is 7.05 Å². The minimum Gasteiger partial charge on any atom is -0.387 e. The Morgan fingerprint density at radius 2 is 1.36 bits per heavy atom. The molecule has 0 saturated carbocycles. The van der Waals surface area contributed by atoms with Crippen LogP contribution in [0.15, 0.2) is 60.7 Å². The van der Waals surface area contributed by atoms with Crippen LogP contribution < -0.4 is 5.32 Å². The van der Waals surface area contributed by atoms with Crippen molar-refractivity contribution >= 4 is 49.0 Å². The van der Waals surface area contributed by atoms with Crippen LogP contribution in [0.1, 0.15) is 5.56 Å². The molecule has 0 aliphatic heterocycles. The number of anilines is 1. The molecule has 5 rings (SSSR count). The lowest BCUT2D eigenvalue weighted by molar-refractivity contribution is 1.02. The molecule has 0 bridgehead atoms. The van der Waals surface area contributed by atoms with Gasteiger partial charge < -0.3 is 9.88 Å². The second kappa shape index (κ2) is 5.00. The highest BCUT2D eigenvalue weighted by atomic mass is 14.9. The minimum atomic E-state index is 1.21. The molecule has 0 aliphatic rings. The van der Waals surface area contributed by atoms with Gasteiger partial charge in [-0.2, -0.15) is 0 Å². The number of hydrogen-bond acceptors (Lipinski definition) is 1. The summed E-state index contributed by atoms with van der Waals surface area (Å²) in [5.41, 5.74) is 5.12. The Balaban J connectivity index is 2.09. The highest BCUT2D eigenvalue weighted by molar-refractivity contribution is 6.20. The molecule has 0 unspecified atom stereocenters. The average Bonchev–Trinajstić information content (AvgIpc) is 2.94. The summed E-state index contributed by atoms with van der Waals surface area (Å²) in [6.45, 7) is 2.23. The number of nitrogens with zero attached hydrogens (tertiary/aromatic N) is 1. The number of benzene rings is 4. The maximum absolute atomic E-state index is 3.45. The normalized spacial score (nSPS) is 11.8. The third-order valence-electron chi connectivity index (χ3n) is 5.58. The molecule has 4 aromatic carbocycles. The average molecular weight is 324 g/mol. The SMILES string of the molecule is CNc1c2ccccc2c(C)c2cc3c(cc12)c1ccccc1n3C. The fraction of sp³-hybridized carbons (Fsp3) is 0.130. The summed E-state index contributed by atoms with van der Waals surface area (Å²) in [5.74, 6) is 0. The second-order valence-corrected chi connectivity index (χ2v) is 6.79. The Hall–Kier alpha value is -3.00. The lowest BCUT2D eigenvalue weighted by Gasteiger charge is -2.15. The van der Waals surface area contributed by atoms with Crippen LogP contribution in [-0.2, 0) is 7.05 Å². The van der Waals surface area contributed by atoms with Gasteiger partial charge in [-0.15, -0.1) is 0 Å². The minimum absolute atomic E-state index is 1.21. The van der Waals surface area contributed by atoms with Gasteiger partial charge in [-0.1, -0.05) is 42.5 Å². The molecule has 2 nitrogen and oxygen atoms in total. The summed E-state index contributed by atoms with van der Waals surface area (Å²) in [6.07, 6.45) is 0. The van der Waals surface area contributed by atoms with E-state index in [1.165, 1.54) is 54.6 Å². The fourth-order valence-corrected chi connectivity index (χ4v) is 4.31. The van der Waals surface area contributed by atoms with E-state index in [0.29, 0.717) is 0 Å². The highest BCUT2D eigenvalue weighted by Crippen LogP contribution is 2.40. The number of para-hydroxylation sites is 1. The molecule has 0 spiro atoms. The van der Waals surface area contributed by atoms with Gasteiger partial charge in [0.2, 0.25) is 0 Å². The van der Waals surface area contributed by atoms with Crippen molar-refractivity contribution in [2.75, 3.05) is 12.4 Å². The van der Waals surface area contributed by atoms with Crippen LogP contribution in [0, 0.1) is 6.92 Å². The van der Waals surface area contributed by atoms with Crippen LogP contribution in [0.5, 0.6) is 0 Å². The first kappa shape index (κ1) is 14.4. The standard InChI is InChI=1S/C23H20N2/c1-14-15-8-4-5-10-17(15)23(24-2)20-12-19-16-9-6-7-11-21(16)25(3)22(19)13-18(14)20/h4-13,24H,1-3H3. The van der Waals surface area contributed by atoms with Gasteiger partial charge in [0.1, 0.15) is 0 Å². The molecule has 0 amide bonds. The van der Waals surface area contributed by atoms with Crippen molar-refractivity contribution in [2.45, 2.75) is 6.92 Å². The third kappa shape index (κ3) is 1.79. The van der Waals surface area contributed by atoms with E-state index in [1.807, 2.05) is 7.05 Å². The summed E-state index contributed by atoms with van der Waals surface area (Å²) >= 11 is 0. The topological polar surface area (TPSA) is 17.0 Å². The molecule has 0 radical (unpaired) electrons. The molecule has 25 heavy (non-hydrogen) atoms. The predicted octanol–water partition coefficient (Wildman–Crippen LogP) is 5.99.